The van der Waals surface area contributed by atoms with E-state index in [-0.39, 0.29) is 18.3 Å². The van der Waals surface area contributed by atoms with Crippen LogP contribution in [0.25, 0.3) is 0 Å². The Morgan fingerprint density at radius 1 is 1.18 bits per heavy atom. The number of hydrogen-bond donors (Lipinski definition) is 1. The van der Waals surface area contributed by atoms with E-state index in [1.807, 2.05) is 36.4 Å². The zero-order valence-electron chi connectivity index (χ0n) is 12.5. The van der Waals surface area contributed by atoms with Crippen LogP contribution in [0.5, 0.6) is 0 Å². The lowest BCUT2D eigenvalue weighted by atomic mass is 10.0. The minimum atomic E-state index is -0.391. The molecule has 0 aliphatic rings. The number of nitrogens with one attached hydrogen (secondary N) is 1. The van der Waals surface area contributed by atoms with Crippen LogP contribution in [0.2, 0.25) is 0 Å². The average Bonchev–Trinajstić information content (AvgIpc) is 3.06. The molecule has 0 radical (unpaired) electrons. The van der Waals surface area contributed by atoms with Crippen molar-refractivity contribution in [2.75, 3.05) is 7.11 Å². The maximum atomic E-state index is 12.1. The number of ether oxygens (including phenoxy) is 1. The Morgan fingerprint density at radius 2 is 1.95 bits per heavy atom. The first-order valence-electron chi connectivity index (χ1n) is 7.12. The van der Waals surface area contributed by atoms with Crippen LogP contribution < -0.4 is 5.32 Å². The molecular formula is C17H19NO4. The summed E-state index contributed by atoms with van der Waals surface area (Å²) in [6.45, 7) is 0. The van der Waals surface area contributed by atoms with E-state index in [0.717, 1.165) is 11.3 Å². The van der Waals surface area contributed by atoms with Crippen molar-refractivity contribution < 1.29 is 18.7 Å². The van der Waals surface area contributed by atoms with Crippen LogP contribution in [-0.2, 0) is 20.7 Å². The van der Waals surface area contributed by atoms with Crippen molar-refractivity contribution in [2.24, 2.45) is 0 Å². The summed E-state index contributed by atoms with van der Waals surface area (Å²) in [5.41, 5.74) is 0.874. The number of amides is 1. The summed E-state index contributed by atoms with van der Waals surface area (Å²) < 4.78 is 9.90. The number of benzene rings is 1. The Bertz CT molecular complexity index is 592. The van der Waals surface area contributed by atoms with Crippen molar-refractivity contribution in [2.45, 2.75) is 25.3 Å². The number of furan rings is 1. The molecule has 0 unspecified atom stereocenters. The molecule has 0 saturated heterocycles. The number of carbonyl (C=O) groups is 2. The van der Waals surface area contributed by atoms with Crippen molar-refractivity contribution in [3.8, 4) is 0 Å². The second-order valence-corrected chi connectivity index (χ2v) is 4.89. The first-order valence-corrected chi connectivity index (χ1v) is 7.12. The van der Waals surface area contributed by atoms with E-state index in [0.29, 0.717) is 12.8 Å². The van der Waals surface area contributed by atoms with E-state index >= 15 is 0 Å². The quantitative estimate of drug-likeness (QED) is 0.798. The lowest BCUT2D eigenvalue weighted by molar-refractivity contribution is -0.141. The van der Waals surface area contributed by atoms with Gasteiger partial charge in [0.2, 0.25) is 5.91 Å². The normalized spacial score (nSPS) is 11.7. The third-order valence-corrected chi connectivity index (χ3v) is 3.31. The second kappa shape index (κ2) is 8.02. The van der Waals surface area contributed by atoms with Gasteiger partial charge < -0.3 is 14.5 Å². The van der Waals surface area contributed by atoms with Gasteiger partial charge in [0.25, 0.3) is 0 Å². The van der Waals surface area contributed by atoms with Gasteiger partial charge in [0.15, 0.2) is 0 Å². The molecule has 116 valence electrons. The predicted molar refractivity (Wildman–Crippen MR) is 81.0 cm³/mol. The SMILES string of the molecule is COC(=O)C[C@H](NC(=O)CCc1ccco1)c1ccccc1. The molecule has 0 saturated carbocycles. The van der Waals surface area contributed by atoms with Gasteiger partial charge >= 0.3 is 5.97 Å². The molecule has 1 atom stereocenters. The first kappa shape index (κ1) is 15.8. The number of hydrogen-bond acceptors (Lipinski definition) is 4. The van der Waals surface area contributed by atoms with E-state index in [9.17, 15) is 9.59 Å². The Kier molecular flexibility index (Phi) is 5.77. The Morgan fingerprint density at radius 3 is 2.59 bits per heavy atom. The predicted octanol–water partition coefficient (Wildman–Crippen LogP) is 2.63. The lowest BCUT2D eigenvalue weighted by Crippen LogP contribution is -2.30. The van der Waals surface area contributed by atoms with Crippen molar-refractivity contribution in [3.05, 3.63) is 60.1 Å². The molecule has 2 aromatic rings. The van der Waals surface area contributed by atoms with Crippen LogP contribution in [0.15, 0.2) is 53.1 Å². The third-order valence-electron chi connectivity index (χ3n) is 3.31. The van der Waals surface area contributed by atoms with Gasteiger partial charge in [0.05, 0.1) is 25.8 Å². The Labute approximate surface area is 129 Å². The third kappa shape index (κ3) is 4.77. The number of methoxy groups -OCH3 is 1. The average molecular weight is 301 g/mol. The summed E-state index contributed by atoms with van der Waals surface area (Å²) in [4.78, 5) is 23.6. The van der Waals surface area contributed by atoms with Crippen LogP contribution in [0.4, 0.5) is 0 Å². The number of aryl methyl sites for hydroxylation is 1. The number of carbonyl (C=O) groups excluding carboxylic acids is 2. The van der Waals surface area contributed by atoms with Gasteiger partial charge in [-0.2, -0.15) is 0 Å². The summed E-state index contributed by atoms with van der Waals surface area (Å²) in [5.74, 6) is 0.272. The van der Waals surface area contributed by atoms with Gasteiger partial charge in [0.1, 0.15) is 5.76 Å². The molecule has 1 aromatic heterocycles. The standard InChI is InChI=1S/C17H19NO4/c1-21-17(20)12-15(13-6-3-2-4-7-13)18-16(19)10-9-14-8-5-11-22-14/h2-8,11,15H,9-10,12H2,1H3,(H,18,19)/t15-/m0/s1. The van der Waals surface area contributed by atoms with E-state index in [4.69, 9.17) is 9.15 Å². The molecule has 0 spiro atoms. The molecule has 0 aliphatic carbocycles. The number of rotatable bonds is 7. The smallest absolute Gasteiger partial charge is 0.307 e. The summed E-state index contributed by atoms with van der Waals surface area (Å²) in [6.07, 6.45) is 2.51. The topological polar surface area (TPSA) is 68.5 Å². The van der Waals surface area contributed by atoms with Gasteiger partial charge in [-0.05, 0) is 17.7 Å². The lowest BCUT2D eigenvalue weighted by Gasteiger charge is -2.18. The highest BCUT2D eigenvalue weighted by Crippen LogP contribution is 2.17. The molecule has 1 heterocycles. The van der Waals surface area contributed by atoms with Crippen LogP contribution >= 0.6 is 0 Å². The van der Waals surface area contributed by atoms with Crippen molar-refractivity contribution in [3.63, 3.8) is 0 Å². The highest BCUT2D eigenvalue weighted by atomic mass is 16.5. The number of esters is 1. The van der Waals surface area contributed by atoms with Gasteiger partial charge in [0, 0.05) is 12.8 Å². The molecule has 5 heteroatoms. The fraction of sp³-hybridized carbons (Fsp3) is 0.294. The molecule has 2 rings (SSSR count). The van der Waals surface area contributed by atoms with Crippen molar-refractivity contribution in [1.82, 2.24) is 5.32 Å². The molecule has 0 fully saturated rings. The van der Waals surface area contributed by atoms with Gasteiger partial charge in [-0.25, -0.2) is 0 Å². The molecule has 0 bridgehead atoms. The van der Waals surface area contributed by atoms with E-state index in [2.05, 4.69) is 5.32 Å². The maximum Gasteiger partial charge on any atom is 0.307 e. The van der Waals surface area contributed by atoms with Crippen LogP contribution in [0, 0.1) is 0 Å². The first-order chi connectivity index (χ1) is 10.7. The van der Waals surface area contributed by atoms with Gasteiger partial charge in [-0.15, -0.1) is 0 Å². The summed E-state index contributed by atoms with van der Waals surface area (Å²) in [7, 11) is 1.34. The van der Waals surface area contributed by atoms with Crippen LogP contribution in [0.1, 0.15) is 30.2 Å². The highest BCUT2D eigenvalue weighted by molar-refractivity contribution is 5.78. The minimum Gasteiger partial charge on any atom is -0.469 e. The molecular weight excluding hydrogens is 282 g/mol. The minimum absolute atomic E-state index is 0.104. The molecule has 1 amide bonds. The Hall–Kier alpha value is -2.56. The summed E-state index contributed by atoms with van der Waals surface area (Å²) >= 11 is 0. The summed E-state index contributed by atoms with van der Waals surface area (Å²) in [6, 6.07) is 12.6. The second-order valence-electron chi connectivity index (χ2n) is 4.89. The molecule has 5 nitrogen and oxygen atoms in total. The zero-order chi connectivity index (χ0) is 15.8. The van der Waals surface area contributed by atoms with E-state index in [1.54, 1.807) is 12.3 Å². The molecule has 1 N–H and O–H groups in total. The van der Waals surface area contributed by atoms with E-state index in [1.165, 1.54) is 7.11 Å². The van der Waals surface area contributed by atoms with E-state index < -0.39 is 6.04 Å². The Balaban J connectivity index is 1.96. The van der Waals surface area contributed by atoms with Crippen LogP contribution in [-0.4, -0.2) is 19.0 Å². The largest absolute Gasteiger partial charge is 0.469 e. The zero-order valence-corrected chi connectivity index (χ0v) is 12.5. The fourth-order valence-corrected chi connectivity index (χ4v) is 2.15. The molecule has 0 aliphatic heterocycles. The monoisotopic (exact) mass is 301 g/mol. The fourth-order valence-electron chi connectivity index (χ4n) is 2.15. The van der Waals surface area contributed by atoms with Crippen LogP contribution in [0.3, 0.4) is 0 Å². The summed E-state index contributed by atoms with van der Waals surface area (Å²) in [5, 5.41) is 2.88. The van der Waals surface area contributed by atoms with Gasteiger partial charge in [-0.1, -0.05) is 30.3 Å². The maximum absolute atomic E-state index is 12.1. The molecule has 22 heavy (non-hydrogen) atoms. The molecule has 1 aromatic carbocycles. The van der Waals surface area contributed by atoms with Gasteiger partial charge in [-0.3, -0.25) is 9.59 Å². The van der Waals surface area contributed by atoms with Crippen molar-refractivity contribution in [1.29, 1.82) is 0 Å². The highest BCUT2D eigenvalue weighted by Gasteiger charge is 2.18. The van der Waals surface area contributed by atoms with Crippen molar-refractivity contribution >= 4 is 11.9 Å².